The number of carbonyl (C=O) groups excluding carboxylic acids is 2. The Balaban J connectivity index is 0.000000786. The van der Waals surface area contributed by atoms with Crippen molar-refractivity contribution < 1.29 is 32.2 Å². The van der Waals surface area contributed by atoms with Crippen molar-refractivity contribution in [1.29, 1.82) is 0 Å². The minimum Gasteiger partial charge on any atom is -0.395 e. The molecule has 2 N–H and O–H groups in total. The van der Waals surface area contributed by atoms with Crippen LogP contribution in [0.4, 0.5) is 13.2 Å². The fourth-order valence-corrected chi connectivity index (χ4v) is 4.90. The highest BCUT2D eigenvalue weighted by molar-refractivity contribution is 6.62. The van der Waals surface area contributed by atoms with Crippen LogP contribution < -0.4 is 15.2 Å². The molecule has 3 aromatic rings. The van der Waals surface area contributed by atoms with Gasteiger partial charge in [0, 0.05) is 42.9 Å². The number of hydrogen-bond donors (Lipinski definition) is 1. The van der Waals surface area contributed by atoms with E-state index >= 15 is 4.39 Å². The molecule has 2 heterocycles. The predicted molar refractivity (Wildman–Crippen MR) is 138 cm³/mol. The Labute approximate surface area is 223 Å². The van der Waals surface area contributed by atoms with Gasteiger partial charge in [0.15, 0.2) is 11.5 Å². The van der Waals surface area contributed by atoms with Crippen LogP contribution in [0, 0.1) is 5.82 Å². The normalized spacial score (nSPS) is 16.7. The van der Waals surface area contributed by atoms with Gasteiger partial charge in [-0.2, -0.15) is 0 Å². The lowest BCUT2D eigenvalue weighted by Gasteiger charge is -2.21. The molecule has 0 spiro atoms. The number of aromatic nitrogens is 1. The lowest BCUT2D eigenvalue weighted by molar-refractivity contribution is -0.286. The Bertz CT molecular complexity index is 1400. The predicted octanol–water partition coefficient (Wildman–Crippen LogP) is 5.97. The smallest absolute Gasteiger partial charge is 0.395 e. The van der Waals surface area contributed by atoms with Crippen LogP contribution in [0.5, 0.6) is 11.5 Å². The van der Waals surface area contributed by atoms with Crippen molar-refractivity contribution in [2.75, 3.05) is 6.54 Å². The summed E-state index contributed by atoms with van der Waals surface area (Å²) in [4.78, 5) is 22.5. The molecule has 204 valence electrons. The summed E-state index contributed by atoms with van der Waals surface area (Å²) in [5, 5.41) is 0.498. The largest absolute Gasteiger partial charge is 0.586 e. The summed E-state index contributed by atoms with van der Waals surface area (Å²) < 4.78 is 53.0. The number of carbonyl (C=O) groups is 2. The van der Waals surface area contributed by atoms with Crippen LogP contribution in [0.25, 0.3) is 10.9 Å². The van der Waals surface area contributed by atoms with Gasteiger partial charge < -0.3 is 19.8 Å². The van der Waals surface area contributed by atoms with Crippen molar-refractivity contribution in [2.45, 2.75) is 70.6 Å². The van der Waals surface area contributed by atoms with Gasteiger partial charge in [-0.05, 0) is 65.9 Å². The molecular formula is C28H30ClF3N2O4. The van der Waals surface area contributed by atoms with E-state index in [1.807, 2.05) is 10.6 Å². The van der Waals surface area contributed by atoms with Crippen molar-refractivity contribution in [1.82, 2.24) is 4.57 Å². The first-order chi connectivity index (χ1) is 17.7. The number of alkyl halides is 2. The number of rotatable bonds is 6. The van der Waals surface area contributed by atoms with E-state index < -0.39 is 17.5 Å². The number of ketones is 1. The summed E-state index contributed by atoms with van der Waals surface area (Å²) in [5.74, 6) is -0.747. The first kappa shape index (κ1) is 28.0. The molecule has 0 unspecified atom stereocenters. The van der Waals surface area contributed by atoms with Crippen LogP contribution in [-0.2, 0) is 33.4 Å². The number of benzene rings is 2. The molecule has 1 aromatic heterocycles. The van der Waals surface area contributed by atoms with Gasteiger partial charge in [-0.25, -0.2) is 4.39 Å². The molecule has 1 aliphatic carbocycles. The molecule has 0 bridgehead atoms. The third-order valence-electron chi connectivity index (χ3n) is 6.78. The van der Waals surface area contributed by atoms with Crippen LogP contribution in [0.1, 0.15) is 57.4 Å². The molecular weight excluding hydrogens is 521 g/mol. The first-order valence-electron chi connectivity index (χ1n) is 12.3. The summed E-state index contributed by atoms with van der Waals surface area (Å²) in [7, 11) is 0. The number of halogens is 4. The maximum absolute atomic E-state index is 15.2. The Morgan fingerprint density at radius 1 is 1.08 bits per heavy atom. The van der Waals surface area contributed by atoms with Gasteiger partial charge in [0.2, 0.25) is 5.24 Å². The fraction of sp³-hybridized carbons (Fsp3) is 0.429. The molecule has 0 saturated heterocycles. The summed E-state index contributed by atoms with van der Waals surface area (Å²) in [6, 6.07) is 9.68. The van der Waals surface area contributed by atoms with Crippen molar-refractivity contribution >= 4 is 33.5 Å². The molecule has 0 amide bonds. The first-order valence-corrected chi connectivity index (χ1v) is 12.7. The van der Waals surface area contributed by atoms with Crippen molar-refractivity contribution in [3.8, 4) is 11.5 Å². The number of hydrogen-bond acceptors (Lipinski definition) is 5. The second kappa shape index (κ2) is 9.93. The molecule has 38 heavy (non-hydrogen) atoms. The van der Waals surface area contributed by atoms with Crippen molar-refractivity contribution in [2.24, 2.45) is 5.73 Å². The number of nitrogens with two attached hydrogens (primary N) is 1. The maximum atomic E-state index is 15.2. The average Bonchev–Trinajstić information content (AvgIpc) is 3.44. The van der Waals surface area contributed by atoms with E-state index in [1.54, 1.807) is 12.1 Å². The highest BCUT2D eigenvalue weighted by Gasteiger charge is 2.52. The van der Waals surface area contributed by atoms with Crippen LogP contribution in [0.3, 0.4) is 0 Å². The van der Waals surface area contributed by atoms with Gasteiger partial charge in [-0.3, -0.25) is 9.59 Å². The van der Waals surface area contributed by atoms with Gasteiger partial charge in [-0.15, -0.1) is 8.78 Å². The molecule has 0 radical (unpaired) electrons. The lowest BCUT2D eigenvalue weighted by atomic mass is 9.87. The van der Waals surface area contributed by atoms with Crippen LogP contribution >= 0.6 is 11.6 Å². The van der Waals surface area contributed by atoms with Crippen LogP contribution in [-0.4, -0.2) is 28.4 Å². The van der Waals surface area contributed by atoms with Crippen LogP contribution in [0.15, 0.2) is 36.4 Å². The van der Waals surface area contributed by atoms with E-state index in [4.69, 9.17) is 5.73 Å². The SMILES string of the molecule is CC(=O)Cl.CC(C)(C)c1cc2cc(CC(=O)C3(c4ccc5c(c4)OC(F)(F)O5)CC3)c(F)cc2n1CCN. The summed E-state index contributed by atoms with van der Waals surface area (Å²) in [6.07, 6.45) is -2.65. The van der Waals surface area contributed by atoms with E-state index in [-0.39, 0.29) is 34.4 Å². The summed E-state index contributed by atoms with van der Waals surface area (Å²) >= 11 is 4.64. The van der Waals surface area contributed by atoms with Gasteiger partial charge in [0.05, 0.1) is 10.9 Å². The summed E-state index contributed by atoms with van der Waals surface area (Å²) in [5.41, 5.74) is 7.53. The van der Waals surface area contributed by atoms with Gasteiger partial charge in [0.1, 0.15) is 11.6 Å². The molecule has 1 fully saturated rings. The second-order valence-electron chi connectivity index (χ2n) is 10.7. The topological polar surface area (TPSA) is 83.6 Å². The number of ether oxygens (including phenoxy) is 2. The van der Waals surface area contributed by atoms with E-state index in [2.05, 4.69) is 41.8 Å². The fourth-order valence-electron chi connectivity index (χ4n) is 4.90. The lowest BCUT2D eigenvalue weighted by Crippen LogP contribution is -2.26. The standard InChI is InChI=1S/C26H27F3N2O3.C2H3ClO/c1-24(2,3)22-11-16-10-15(18(27)14-19(16)31(22)9-8-30)12-23(32)25(6-7-25)17-4-5-20-21(13-17)34-26(28,29)33-20;1-2(3)4/h4-5,10-11,13-14H,6-9,12,30H2,1-3H3;1H3. The molecule has 2 aromatic carbocycles. The number of nitrogens with zero attached hydrogens (tertiary/aromatic N) is 1. The quantitative estimate of drug-likeness (QED) is 0.382. The number of fused-ring (bicyclic) bond motifs is 2. The van der Waals surface area contributed by atoms with Gasteiger partial charge in [0.25, 0.3) is 0 Å². The van der Waals surface area contributed by atoms with Crippen LogP contribution in [0.2, 0.25) is 0 Å². The van der Waals surface area contributed by atoms with E-state index in [9.17, 15) is 18.4 Å². The van der Waals surface area contributed by atoms with Crippen molar-refractivity contribution in [3.05, 3.63) is 59.0 Å². The molecule has 1 saturated carbocycles. The highest BCUT2D eigenvalue weighted by Crippen LogP contribution is 2.52. The molecule has 10 heteroatoms. The van der Waals surface area contributed by atoms with Gasteiger partial charge in [-0.1, -0.05) is 26.8 Å². The maximum Gasteiger partial charge on any atom is 0.586 e. The van der Waals surface area contributed by atoms with E-state index in [0.29, 0.717) is 37.1 Å². The zero-order chi connectivity index (χ0) is 28.0. The average molecular weight is 551 g/mol. The van der Waals surface area contributed by atoms with E-state index in [0.717, 1.165) is 16.6 Å². The monoisotopic (exact) mass is 550 g/mol. The molecule has 2 aliphatic rings. The van der Waals surface area contributed by atoms with E-state index in [1.165, 1.54) is 25.1 Å². The highest BCUT2D eigenvalue weighted by atomic mass is 35.5. The minimum absolute atomic E-state index is 0.0647. The van der Waals surface area contributed by atoms with Gasteiger partial charge >= 0.3 is 6.29 Å². The second-order valence-corrected chi connectivity index (χ2v) is 11.2. The van der Waals surface area contributed by atoms with Crippen molar-refractivity contribution in [3.63, 3.8) is 0 Å². The third-order valence-corrected chi connectivity index (χ3v) is 6.78. The minimum atomic E-state index is -3.72. The molecule has 1 aliphatic heterocycles. The Morgan fingerprint density at radius 3 is 2.29 bits per heavy atom. The summed E-state index contributed by atoms with van der Waals surface area (Å²) in [6.45, 7) is 8.56. The molecule has 6 nitrogen and oxygen atoms in total. The number of Topliss-reactive ketones (excluding diaryl/α,β-unsaturated/α-hetero) is 1. The molecule has 5 rings (SSSR count). The third kappa shape index (κ3) is 5.54. The Hall–Kier alpha value is -3.04. The molecule has 0 atom stereocenters. The zero-order valence-corrected chi connectivity index (χ0v) is 22.4. The Morgan fingerprint density at radius 2 is 1.71 bits per heavy atom. The zero-order valence-electron chi connectivity index (χ0n) is 21.7. The Kier molecular flexibility index (Phi) is 7.31.